The van der Waals surface area contributed by atoms with E-state index < -0.39 is 23.6 Å². The summed E-state index contributed by atoms with van der Waals surface area (Å²) in [4.78, 5) is 24.6. The van der Waals surface area contributed by atoms with Gasteiger partial charge in [-0.1, -0.05) is 29.8 Å². The van der Waals surface area contributed by atoms with Crippen LogP contribution >= 0.6 is 11.6 Å². The number of phenols is 2. The predicted molar refractivity (Wildman–Crippen MR) is 89.9 cm³/mol. The molecule has 2 aliphatic heterocycles. The zero-order chi connectivity index (χ0) is 18.1. The number of ketones is 1. The molecule has 0 amide bonds. The van der Waals surface area contributed by atoms with E-state index in [2.05, 4.69) is 0 Å². The summed E-state index contributed by atoms with van der Waals surface area (Å²) in [5.41, 5.74) is -0.176. The minimum Gasteiger partial charge on any atom is -0.507 e. The Morgan fingerprint density at radius 2 is 1.96 bits per heavy atom. The van der Waals surface area contributed by atoms with Crippen LogP contribution in [0.15, 0.2) is 30.4 Å². The van der Waals surface area contributed by atoms with Crippen LogP contribution in [0.2, 0.25) is 5.02 Å². The molecule has 132 valence electrons. The van der Waals surface area contributed by atoms with Crippen molar-refractivity contribution in [2.45, 2.75) is 38.1 Å². The van der Waals surface area contributed by atoms with Gasteiger partial charge in [-0.15, -0.1) is 0 Å². The molecule has 0 spiro atoms. The maximum Gasteiger partial charge on any atom is 0.342 e. The number of hydrogen-bond acceptors (Lipinski definition) is 6. The van der Waals surface area contributed by atoms with Gasteiger partial charge in [-0.05, 0) is 13.0 Å². The van der Waals surface area contributed by atoms with Gasteiger partial charge in [0.15, 0.2) is 5.78 Å². The average molecular weight is 365 g/mol. The molecule has 2 heterocycles. The summed E-state index contributed by atoms with van der Waals surface area (Å²) in [5, 5.41) is 19.7. The van der Waals surface area contributed by atoms with E-state index in [-0.39, 0.29) is 40.6 Å². The van der Waals surface area contributed by atoms with Gasteiger partial charge in [0.2, 0.25) is 0 Å². The molecule has 6 nitrogen and oxygen atoms in total. The van der Waals surface area contributed by atoms with E-state index in [0.717, 1.165) is 6.07 Å². The minimum absolute atomic E-state index is 0.0348. The lowest BCUT2D eigenvalue weighted by molar-refractivity contribution is -0.114. The second-order valence-corrected chi connectivity index (χ2v) is 6.44. The first-order valence-electron chi connectivity index (χ1n) is 7.84. The standard InChI is InChI=1S/C18H17ClO6/c1-9-6-15-14(25-15)5-3-2-4-10(20)7-11-16(18(23)24-9)12(21)8-13(22)17(11)19/h2-5,8-9,14-15,21-22H,6-7H2,1H3/b4-2-,5-3+/t9-,14-,15+/m1/s1. The lowest BCUT2D eigenvalue weighted by atomic mass is 10.00. The summed E-state index contributed by atoms with van der Waals surface area (Å²) < 4.78 is 10.8. The van der Waals surface area contributed by atoms with Gasteiger partial charge in [-0.2, -0.15) is 0 Å². The molecule has 0 bridgehead atoms. The van der Waals surface area contributed by atoms with E-state index in [4.69, 9.17) is 21.1 Å². The largest absolute Gasteiger partial charge is 0.507 e. The van der Waals surface area contributed by atoms with E-state index in [0.29, 0.717) is 6.42 Å². The van der Waals surface area contributed by atoms with Crippen LogP contribution in [0.3, 0.4) is 0 Å². The third kappa shape index (κ3) is 3.86. The van der Waals surface area contributed by atoms with Gasteiger partial charge >= 0.3 is 5.97 Å². The highest BCUT2D eigenvalue weighted by Gasteiger charge is 2.38. The van der Waals surface area contributed by atoms with E-state index in [1.54, 1.807) is 19.1 Å². The number of benzene rings is 1. The van der Waals surface area contributed by atoms with E-state index in [1.807, 2.05) is 6.08 Å². The highest BCUT2D eigenvalue weighted by Crippen LogP contribution is 2.37. The van der Waals surface area contributed by atoms with E-state index in [1.165, 1.54) is 6.08 Å². The first-order chi connectivity index (χ1) is 11.9. The third-order valence-corrected chi connectivity index (χ3v) is 4.49. The van der Waals surface area contributed by atoms with Crippen LogP contribution in [0.4, 0.5) is 0 Å². The Morgan fingerprint density at radius 3 is 2.72 bits per heavy atom. The van der Waals surface area contributed by atoms with Crippen molar-refractivity contribution in [1.82, 2.24) is 0 Å². The Labute approximate surface area is 149 Å². The number of carbonyl (C=O) groups excluding carboxylic acids is 2. The Morgan fingerprint density at radius 1 is 1.20 bits per heavy atom. The van der Waals surface area contributed by atoms with Gasteiger partial charge in [-0.3, -0.25) is 4.79 Å². The molecule has 0 saturated carbocycles. The average Bonchev–Trinajstić information content (AvgIpc) is 3.25. The Balaban J connectivity index is 2.01. The number of phenolic OH excluding ortho intramolecular Hbond substituents is 2. The number of allylic oxidation sites excluding steroid dienone is 3. The molecule has 3 atom stereocenters. The predicted octanol–water partition coefficient (Wildman–Crippen LogP) is 2.69. The number of epoxide rings is 1. The van der Waals surface area contributed by atoms with Gasteiger partial charge in [-0.25, -0.2) is 4.79 Å². The lowest BCUT2D eigenvalue weighted by Crippen LogP contribution is -2.19. The minimum atomic E-state index is -0.802. The molecule has 1 aromatic rings. The summed E-state index contributed by atoms with van der Waals surface area (Å²) in [6, 6.07) is 0.958. The molecule has 7 heteroatoms. The summed E-state index contributed by atoms with van der Waals surface area (Å²) in [6.07, 6.45) is 6.13. The topological polar surface area (TPSA) is 96.4 Å². The van der Waals surface area contributed by atoms with Crippen molar-refractivity contribution in [1.29, 1.82) is 0 Å². The van der Waals surface area contributed by atoms with E-state index >= 15 is 0 Å². The molecule has 3 rings (SSSR count). The number of ether oxygens (including phenoxy) is 2. The number of halogens is 1. The normalized spacial score (nSPS) is 29.0. The van der Waals surface area contributed by atoms with Crippen molar-refractivity contribution in [3.8, 4) is 11.5 Å². The number of aromatic hydroxyl groups is 2. The van der Waals surface area contributed by atoms with Gasteiger partial charge < -0.3 is 19.7 Å². The Bertz CT molecular complexity index is 782. The maximum absolute atomic E-state index is 12.5. The quantitative estimate of drug-likeness (QED) is 0.542. The van der Waals surface area contributed by atoms with Crippen LogP contribution in [0.1, 0.15) is 29.3 Å². The maximum atomic E-state index is 12.5. The second kappa shape index (κ2) is 6.90. The van der Waals surface area contributed by atoms with Gasteiger partial charge in [0.25, 0.3) is 0 Å². The van der Waals surface area contributed by atoms with Crippen LogP contribution in [-0.2, 0) is 20.7 Å². The highest BCUT2D eigenvalue weighted by atomic mass is 35.5. The van der Waals surface area contributed by atoms with Gasteiger partial charge in [0, 0.05) is 24.5 Å². The lowest BCUT2D eigenvalue weighted by Gasteiger charge is -2.16. The molecule has 0 radical (unpaired) electrons. The molecule has 0 unspecified atom stereocenters. The molecular formula is C18H17ClO6. The summed E-state index contributed by atoms with van der Waals surface area (Å²) in [6.45, 7) is 1.72. The number of esters is 1. The van der Waals surface area contributed by atoms with Crippen LogP contribution in [0, 0.1) is 0 Å². The van der Waals surface area contributed by atoms with E-state index in [9.17, 15) is 19.8 Å². The first kappa shape index (κ1) is 17.5. The fourth-order valence-corrected chi connectivity index (χ4v) is 3.00. The van der Waals surface area contributed by atoms with Crippen molar-refractivity contribution in [3.63, 3.8) is 0 Å². The van der Waals surface area contributed by atoms with Crippen molar-refractivity contribution >= 4 is 23.4 Å². The van der Waals surface area contributed by atoms with Gasteiger partial charge in [0.1, 0.15) is 29.3 Å². The van der Waals surface area contributed by atoms with Crippen LogP contribution < -0.4 is 0 Å². The van der Waals surface area contributed by atoms with Crippen molar-refractivity contribution in [2.24, 2.45) is 0 Å². The number of cyclic esters (lactones) is 1. The SMILES string of the molecule is C[C@@H]1C[C@@H]2O[C@@H]2/C=C/C=C\C(=O)Cc2c(Cl)c(O)cc(O)c2C(=O)O1. The molecule has 0 aromatic heterocycles. The summed E-state index contributed by atoms with van der Waals surface area (Å²) >= 11 is 6.05. The Hall–Kier alpha value is -2.31. The second-order valence-electron chi connectivity index (χ2n) is 6.06. The number of rotatable bonds is 0. The molecule has 2 N–H and O–H groups in total. The zero-order valence-electron chi connectivity index (χ0n) is 13.4. The molecule has 1 aromatic carbocycles. The van der Waals surface area contributed by atoms with Crippen LogP contribution in [0.5, 0.6) is 11.5 Å². The molecule has 25 heavy (non-hydrogen) atoms. The summed E-state index contributed by atoms with van der Waals surface area (Å²) in [5.74, 6) is -2.04. The fraction of sp³-hybridized carbons (Fsp3) is 0.333. The van der Waals surface area contributed by atoms with Crippen molar-refractivity contribution in [3.05, 3.63) is 46.5 Å². The molecule has 2 aliphatic rings. The number of carbonyl (C=O) groups is 2. The highest BCUT2D eigenvalue weighted by molar-refractivity contribution is 6.33. The van der Waals surface area contributed by atoms with Crippen LogP contribution in [-0.4, -0.2) is 40.3 Å². The summed E-state index contributed by atoms with van der Waals surface area (Å²) in [7, 11) is 0. The molecule has 0 aliphatic carbocycles. The third-order valence-electron chi connectivity index (χ3n) is 4.06. The monoisotopic (exact) mass is 364 g/mol. The van der Waals surface area contributed by atoms with Gasteiger partial charge in [0.05, 0.1) is 11.1 Å². The smallest absolute Gasteiger partial charge is 0.342 e. The number of hydrogen-bond donors (Lipinski definition) is 2. The fourth-order valence-electron chi connectivity index (χ4n) is 2.78. The number of fused-ring (bicyclic) bond motifs is 2. The molecule has 1 fully saturated rings. The molecule has 1 saturated heterocycles. The Kier molecular flexibility index (Phi) is 4.83. The first-order valence-corrected chi connectivity index (χ1v) is 8.22. The van der Waals surface area contributed by atoms with Crippen molar-refractivity contribution in [2.75, 3.05) is 0 Å². The van der Waals surface area contributed by atoms with Crippen LogP contribution in [0.25, 0.3) is 0 Å². The molecular weight excluding hydrogens is 348 g/mol. The van der Waals surface area contributed by atoms with Crippen molar-refractivity contribution < 1.29 is 29.3 Å². The zero-order valence-corrected chi connectivity index (χ0v) is 14.2.